The van der Waals surface area contributed by atoms with Crippen LogP contribution < -0.4 is 5.44 Å². The fraction of sp³-hybridized carbons (Fsp3) is 0.389. The van der Waals surface area contributed by atoms with E-state index < -0.39 is 7.60 Å². The van der Waals surface area contributed by atoms with Crippen molar-refractivity contribution in [2.24, 2.45) is 0 Å². The number of aromatic nitrogens is 2. The van der Waals surface area contributed by atoms with E-state index in [0.717, 1.165) is 27.4 Å². The first kappa shape index (κ1) is 18.1. The first-order chi connectivity index (χ1) is 12.1. The molecule has 6 nitrogen and oxygen atoms in total. The molecule has 0 radical (unpaired) electrons. The van der Waals surface area contributed by atoms with Crippen LogP contribution in [0.4, 0.5) is 0 Å². The summed E-state index contributed by atoms with van der Waals surface area (Å²) in [5.74, 6) is 0. The van der Waals surface area contributed by atoms with E-state index in [-0.39, 0.29) is 0 Å². The van der Waals surface area contributed by atoms with E-state index in [0.29, 0.717) is 31.9 Å². The smallest absolute Gasteiger partial charge is 0.377 e. The van der Waals surface area contributed by atoms with Crippen LogP contribution >= 0.6 is 7.60 Å². The summed E-state index contributed by atoms with van der Waals surface area (Å²) in [5, 5.41) is 1.99. The lowest BCUT2D eigenvalue weighted by molar-refractivity contribution is 0.135. The molecule has 0 saturated heterocycles. The summed E-state index contributed by atoms with van der Waals surface area (Å²) in [6.07, 6.45) is 1.68. The molecular formula is C18H23N2O4P. The summed E-state index contributed by atoms with van der Waals surface area (Å²) in [5.41, 5.74) is 3.28. The number of hydrogen-bond acceptors (Lipinski definition) is 5. The molecule has 0 bridgehead atoms. The van der Waals surface area contributed by atoms with Crippen LogP contribution in [0.15, 0.2) is 30.5 Å². The van der Waals surface area contributed by atoms with Crippen LogP contribution in [0.5, 0.6) is 0 Å². The third-order valence-corrected chi connectivity index (χ3v) is 5.92. The molecule has 0 saturated carbocycles. The lowest BCUT2D eigenvalue weighted by Crippen LogP contribution is -2.14. The molecule has 0 atom stereocenters. The van der Waals surface area contributed by atoms with Crippen molar-refractivity contribution < 1.29 is 18.3 Å². The van der Waals surface area contributed by atoms with E-state index >= 15 is 0 Å². The van der Waals surface area contributed by atoms with Crippen molar-refractivity contribution in [2.45, 2.75) is 27.4 Å². The lowest BCUT2D eigenvalue weighted by Gasteiger charge is -2.16. The van der Waals surface area contributed by atoms with Gasteiger partial charge in [0.05, 0.1) is 31.5 Å². The Kier molecular flexibility index (Phi) is 5.54. The maximum Gasteiger partial charge on any atom is 0.379 e. The molecule has 0 aliphatic carbocycles. The summed E-state index contributed by atoms with van der Waals surface area (Å²) >= 11 is 0. The van der Waals surface area contributed by atoms with Gasteiger partial charge in [-0.25, -0.2) is 4.98 Å². The molecular weight excluding hydrogens is 339 g/mol. The van der Waals surface area contributed by atoms with Gasteiger partial charge in [-0.3, -0.25) is 4.57 Å². The largest absolute Gasteiger partial charge is 0.379 e. The minimum absolute atomic E-state index is 0.292. The SMILES string of the molecule is CCOCc1cccc2[nH]c3cnc(P(=O)(OCC)OCC)cc3c12. The fourth-order valence-corrected chi connectivity index (χ4v) is 4.42. The number of H-pyrrole nitrogens is 1. The van der Waals surface area contributed by atoms with Crippen LogP contribution in [0.1, 0.15) is 26.3 Å². The van der Waals surface area contributed by atoms with Crippen LogP contribution in [-0.4, -0.2) is 29.8 Å². The highest BCUT2D eigenvalue weighted by Crippen LogP contribution is 2.46. The average Bonchev–Trinajstić information content (AvgIpc) is 2.98. The highest BCUT2D eigenvalue weighted by molar-refractivity contribution is 7.61. The number of pyridine rings is 1. The number of hydrogen-bond donors (Lipinski definition) is 1. The van der Waals surface area contributed by atoms with Gasteiger partial charge >= 0.3 is 7.60 Å². The number of benzene rings is 1. The second kappa shape index (κ2) is 7.67. The Bertz CT molecular complexity index is 912. The zero-order chi connectivity index (χ0) is 17.9. The van der Waals surface area contributed by atoms with E-state index in [1.807, 2.05) is 25.1 Å². The van der Waals surface area contributed by atoms with Crippen molar-refractivity contribution >= 4 is 34.8 Å². The van der Waals surface area contributed by atoms with E-state index in [1.54, 1.807) is 26.1 Å². The minimum atomic E-state index is -3.42. The number of nitrogens with one attached hydrogen (secondary N) is 1. The third kappa shape index (κ3) is 3.48. The number of aromatic amines is 1. The van der Waals surface area contributed by atoms with Crippen molar-refractivity contribution in [1.29, 1.82) is 0 Å². The second-order valence-corrected chi connectivity index (χ2v) is 7.49. The van der Waals surface area contributed by atoms with E-state index in [9.17, 15) is 4.57 Å². The van der Waals surface area contributed by atoms with Crippen LogP contribution in [-0.2, 0) is 25.0 Å². The Labute approximate surface area is 147 Å². The highest BCUT2D eigenvalue weighted by Gasteiger charge is 2.29. The molecule has 2 aromatic heterocycles. The summed E-state index contributed by atoms with van der Waals surface area (Å²) in [7, 11) is -3.42. The molecule has 134 valence electrons. The topological polar surface area (TPSA) is 73.4 Å². The Balaban J connectivity index is 2.18. The van der Waals surface area contributed by atoms with Crippen molar-refractivity contribution in [2.75, 3.05) is 19.8 Å². The number of nitrogens with zero attached hydrogens (tertiary/aromatic N) is 1. The van der Waals surface area contributed by atoms with Crippen LogP contribution in [0, 0.1) is 0 Å². The quantitative estimate of drug-likeness (QED) is 0.610. The van der Waals surface area contributed by atoms with Crippen LogP contribution in [0.3, 0.4) is 0 Å². The van der Waals surface area contributed by atoms with Crippen molar-refractivity contribution in [1.82, 2.24) is 9.97 Å². The molecule has 0 aliphatic rings. The minimum Gasteiger partial charge on any atom is -0.377 e. The summed E-state index contributed by atoms with van der Waals surface area (Å²) in [6, 6.07) is 7.84. The van der Waals surface area contributed by atoms with Gasteiger partial charge in [0.15, 0.2) is 5.44 Å². The fourth-order valence-electron chi connectivity index (χ4n) is 2.91. The first-order valence-corrected chi connectivity index (χ1v) is 10.0. The van der Waals surface area contributed by atoms with E-state index in [4.69, 9.17) is 13.8 Å². The van der Waals surface area contributed by atoms with Gasteiger partial charge < -0.3 is 18.8 Å². The molecule has 3 rings (SSSR count). The molecule has 0 spiro atoms. The Morgan fingerprint density at radius 3 is 2.52 bits per heavy atom. The number of rotatable bonds is 8. The van der Waals surface area contributed by atoms with Gasteiger partial charge in [0, 0.05) is 22.9 Å². The molecule has 25 heavy (non-hydrogen) atoms. The Hall–Kier alpha value is -1.72. The van der Waals surface area contributed by atoms with Crippen LogP contribution in [0.2, 0.25) is 0 Å². The molecule has 0 aliphatic heterocycles. The van der Waals surface area contributed by atoms with E-state index in [2.05, 4.69) is 9.97 Å². The normalized spacial score (nSPS) is 12.3. The lowest BCUT2D eigenvalue weighted by atomic mass is 10.1. The van der Waals surface area contributed by atoms with Gasteiger partial charge in [-0.15, -0.1) is 0 Å². The molecule has 0 unspecified atom stereocenters. The van der Waals surface area contributed by atoms with Gasteiger partial charge in [0.1, 0.15) is 0 Å². The van der Waals surface area contributed by atoms with Gasteiger partial charge in [-0.2, -0.15) is 0 Å². The number of ether oxygens (including phenoxy) is 1. The second-order valence-electron chi connectivity index (χ2n) is 5.52. The standard InChI is InChI=1S/C18H23N2O4P/c1-4-22-12-13-8-7-9-15-18(13)14-10-17(19-11-16(14)20-15)25(21,23-5-2)24-6-3/h7-11,20H,4-6,12H2,1-3H3. The molecule has 3 aromatic rings. The Morgan fingerprint density at radius 2 is 1.84 bits per heavy atom. The first-order valence-electron chi connectivity index (χ1n) is 8.49. The maximum absolute atomic E-state index is 13.0. The third-order valence-electron chi connectivity index (χ3n) is 3.92. The molecule has 0 amide bonds. The van der Waals surface area contributed by atoms with Gasteiger partial charge in [0.25, 0.3) is 0 Å². The number of fused-ring (bicyclic) bond motifs is 3. The average molecular weight is 362 g/mol. The van der Waals surface area contributed by atoms with Gasteiger partial charge in [0.2, 0.25) is 0 Å². The van der Waals surface area contributed by atoms with Crippen molar-refractivity contribution in [3.63, 3.8) is 0 Å². The molecule has 0 fully saturated rings. The zero-order valence-corrected chi connectivity index (χ0v) is 15.6. The molecule has 1 N–H and O–H groups in total. The highest BCUT2D eigenvalue weighted by atomic mass is 31.2. The summed E-state index contributed by atoms with van der Waals surface area (Å²) < 4.78 is 29.5. The van der Waals surface area contributed by atoms with Crippen LogP contribution in [0.25, 0.3) is 21.8 Å². The van der Waals surface area contributed by atoms with Crippen molar-refractivity contribution in [3.8, 4) is 0 Å². The molecule has 7 heteroatoms. The monoisotopic (exact) mass is 362 g/mol. The molecule has 2 heterocycles. The van der Waals surface area contributed by atoms with Gasteiger partial charge in [-0.1, -0.05) is 12.1 Å². The van der Waals surface area contributed by atoms with Gasteiger partial charge in [-0.05, 0) is 38.5 Å². The molecule has 1 aromatic carbocycles. The Morgan fingerprint density at radius 1 is 1.08 bits per heavy atom. The van der Waals surface area contributed by atoms with Crippen molar-refractivity contribution in [3.05, 3.63) is 36.0 Å². The predicted octanol–water partition coefficient (Wildman–Crippen LogP) is 4.14. The summed E-state index contributed by atoms with van der Waals surface area (Å²) in [6.45, 7) is 7.30. The van der Waals surface area contributed by atoms with E-state index in [1.165, 1.54) is 0 Å². The predicted molar refractivity (Wildman–Crippen MR) is 99.4 cm³/mol. The maximum atomic E-state index is 13.0. The summed E-state index contributed by atoms with van der Waals surface area (Å²) in [4.78, 5) is 7.68. The zero-order valence-electron chi connectivity index (χ0n) is 14.7.